The third-order valence-electron chi connectivity index (χ3n) is 5.28. The molecule has 1 N–H and O–H groups in total. The Bertz CT molecular complexity index is 1130. The molecule has 1 aliphatic rings. The van der Waals surface area contributed by atoms with Crippen molar-refractivity contribution in [3.8, 4) is 23.3 Å². The molecule has 9 heteroatoms. The molecule has 0 saturated carbocycles. The van der Waals surface area contributed by atoms with Crippen LogP contribution in [0.15, 0.2) is 17.7 Å². The second kappa shape index (κ2) is 10.9. The van der Waals surface area contributed by atoms with Gasteiger partial charge in [-0.3, -0.25) is 4.79 Å². The number of aryl methyl sites for hydroxylation is 1. The molecule has 2 aromatic rings. The highest BCUT2D eigenvalue weighted by molar-refractivity contribution is 7.17. The second-order valence-electron chi connectivity index (χ2n) is 7.18. The van der Waals surface area contributed by atoms with E-state index in [0.717, 1.165) is 36.1 Å². The zero-order chi connectivity index (χ0) is 24.0. The van der Waals surface area contributed by atoms with Crippen LogP contribution in [0.1, 0.15) is 46.1 Å². The number of hydrogen-bond acceptors (Lipinski definition) is 8. The van der Waals surface area contributed by atoms with Crippen LogP contribution in [0.4, 0.5) is 5.00 Å². The lowest BCUT2D eigenvalue weighted by Crippen LogP contribution is -2.16. The first kappa shape index (κ1) is 24.1. The molecule has 0 radical (unpaired) electrons. The van der Waals surface area contributed by atoms with Gasteiger partial charge in [0.1, 0.15) is 16.6 Å². The number of amides is 1. The van der Waals surface area contributed by atoms with Gasteiger partial charge in [0.15, 0.2) is 11.5 Å². The largest absolute Gasteiger partial charge is 0.493 e. The van der Waals surface area contributed by atoms with Crippen molar-refractivity contribution in [1.29, 1.82) is 5.26 Å². The maximum atomic E-state index is 13.0. The number of nitrogens with one attached hydrogen (secondary N) is 1. The number of hydrogen-bond donors (Lipinski definition) is 1. The average Bonchev–Trinajstić information content (AvgIpc) is 3.19. The van der Waals surface area contributed by atoms with Gasteiger partial charge in [-0.25, -0.2) is 4.79 Å². The molecular weight excluding hydrogens is 444 g/mol. The lowest BCUT2D eigenvalue weighted by atomic mass is 9.95. The van der Waals surface area contributed by atoms with Gasteiger partial charge in [-0.2, -0.15) is 5.26 Å². The number of nitrogens with zero attached hydrogens (tertiary/aromatic N) is 1. The molecule has 1 amide bonds. The summed E-state index contributed by atoms with van der Waals surface area (Å²) in [4.78, 5) is 26.7. The average molecular weight is 471 g/mol. The van der Waals surface area contributed by atoms with Gasteiger partial charge in [0.05, 0.1) is 33.5 Å². The van der Waals surface area contributed by atoms with Gasteiger partial charge >= 0.3 is 5.97 Å². The Morgan fingerprint density at radius 3 is 2.48 bits per heavy atom. The van der Waals surface area contributed by atoms with E-state index in [1.54, 1.807) is 19.1 Å². The topological polar surface area (TPSA) is 107 Å². The highest BCUT2D eigenvalue weighted by Gasteiger charge is 2.28. The van der Waals surface area contributed by atoms with Crippen LogP contribution in [-0.2, 0) is 22.4 Å². The van der Waals surface area contributed by atoms with Crippen LogP contribution in [0, 0.1) is 11.3 Å². The summed E-state index contributed by atoms with van der Waals surface area (Å²) in [6, 6.07) is 5.26. The Kier molecular flexibility index (Phi) is 7.96. The number of anilines is 1. The summed E-state index contributed by atoms with van der Waals surface area (Å²) in [5, 5.41) is 12.9. The quantitative estimate of drug-likeness (QED) is 0.347. The molecule has 1 aromatic heterocycles. The van der Waals surface area contributed by atoms with Gasteiger partial charge in [0.2, 0.25) is 5.75 Å². The van der Waals surface area contributed by atoms with E-state index in [1.807, 2.05) is 6.07 Å². The number of methoxy groups -OCH3 is 3. The summed E-state index contributed by atoms with van der Waals surface area (Å²) in [5.74, 6) is 0.0469. The number of carbonyl (C=O) groups is 2. The summed E-state index contributed by atoms with van der Waals surface area (Å²) in [5.41, 5.74) is 1.65. The minimum absolute atomic E-state index is 0.151. The first-order valence-corrected chi connectivity index (χ1v) is 11.3. The van der Waals surface area contributed by atoms with Crippen molar-refractivity contribution >= 4 is 34.3 Å². The van der Waals surface area contributed by atoms with E-state index in [4.69, 9.17) is 18.9 Å². The molecule has 0 spiro atoms. The molecule has 3 rings (SSSR count). The summed E-state index contributed by atoms with van der Waals surface area (Å²) in [6.07, 6.45) is 5.04. The van der Waals surface area contributed by atoms with Gasteiger partial charge < -0.3 is 24.3 Å². The van der Waals surface area contributed by atoms with Crippen LogP contribution >= 0.6 is 11.3 Å². The van der Waals surface area contributed by atoms with Crippen LogP contribution in [0.2, 0.25) is 0 Å². The predicted octanol–water partition coefficient (Wildman–Crippen LogP) is 4.38. The maximum absolute atomic E-state index is 13.0. The van der Waals surface area contributed by atoms with Crippen LogP contribution in [-0.4, -0.2) is 39.8 Å². The molecule has 8 nitrogen and oxygen atoms in total. The SMILES string of the molecule is CCOC(=O)c1c(NC(=O)/C(C#N)=C/c2ccc(OC)c(OC)c2OC)sc2c1CCCC2. The first-order chi connectivity index (χ1) is 16.0. The molecule has 0 unspecified atom stereocenters. The van der Waals surface area contributed by atoms with Crippen molar-refractivity contribution in [3.05, 3.63) is 39.3 Å². The van der Waals surface area contributed by atoms with Gasteiger partial charge in [-0.15, -0.1) is 11.3 Å². The Morgan fingerprint density at radius 1 is 1.12 bits per heavy atom. The van der Waals surface area contributed by atoms with E-state index in [-0.39, 0.29) is 12.2 Å². The number of fused-ring (bicyclic) bond motifs is 1. The molecule has 1 aromatic carbocycles. The number of benzene rings is 1. The molecule has 0 atom stereocenters. The molecule has 33 heavy (non-hydrogen) atoms. The van der Waals surface area contributed by atoms with Gasteiger partial charge in [-0.05, 0) is 56.4 Å². The molecular formula is C24H26N2O6S. The smallest absolute Gasteiger partial charge is 0.341 e. The zero-order valence-corrected chi connectivity index (χ0v) is 19.9. The Hall–Kier alpha value is -3.51. The van der Waals surface area contributed by atoms with Crippen molar-refractivity contribution in [1.82, 2.24) is 0 Å². The minimum atomic E-state index is -0.626. The Labute approximate surface area is 196 Å². The van der Waals surface area contributed by atoms with E-state index in [2.05, 4.69) is 5.32 Å². The Morgan fingerprint density at radius 2 is 1.85 bits per heavy atom. The molecule has 174 valence electrons. The molecule has 1 aliphatic carbocycles. The minimum Gasteiger partial charge on any atom is -0.493 e. The number of carbonyl (C=O) groups excluding carboxylic acids is 2. The fraction of sp³-hybridized carbons (Fsp3) is 0.375. The lowest BCUT2D eigenvalue weighted by molar-refractivity contribution is -0.112. The monoisotopic (exact) mass is 470 g/mol. The van der Waals surface area contributed by atoms with Crippen molar-refractivity contribution < 1.29 is 28.5 Å². The number of thiophene rings is 1. The zero-order valence-electron chi connectivity index (χ0n) is 19.1. The standard InChI is InChI=1S/C24H26N2O6S/c1-5-32-24(28)19-16-8-6-7-9-18(16)33-23(19)26-22(27)15(13-25)12-14-10-11-17(29-2)21(31-4)20(14)30-3/h10-12H,5-9H2,1-4H3,(H,26,27)/b15-12+. The molecule has 1 heterocycles. The van der Waals surface area contributed by atoms with Crippen LogP contribution in [0.25, 0.3) is 6.08 Å². The Balaban J connectivity index is 1.98. The summed E-state index contributed by atoms with van der Waals surface area (Å²) in [6.45, 7) is 1.97. The van der Waals surface area contributed by atoms with Gasteiger partial charge in [-0.1, -0.05) is 0 Å². The van der Waals surface area contributed by atoms with Crippen molar-refractivity contribution in [2.75, 3.05) is 33.3 Å². The number of nitriles is 1. The second-order valence-corrected chi connectivity index (χ2v) is 8.29. The van der Waals surface area contributed by atoms with E-state index in [9.17, 15) is 14.9 Å². The third kappa shape index (κ3) is 4.96. The highest BCUT2D eigenvalue weighted by Crippen LogP contribution is 2.41. The van der Waals surface area contributed by atoms with Gasteiger partial charge in [0.25, 0.3) is 5.91 Å². The third-order valence-corrected chi connectivity index (χ3v) is 6.48. The van der Waals surface area contributed by atoms with E-state index >= 15 is 0 Å². The molecule has 0 aliphatic heterocycles. The normalized spacial score (nSPS) is 12.9. The molecule has 0 fully saturated rings. The van der Waals surface area contributed by atoms with Crippen molar-refractivity contribution in [3.63, 3.8) is 0 Å². The predicted molar refractivity (Wildman–Crippen MR) is 125 cm³/mol. The van der Waals surface area contributed by atoms with Crippen LogP contribution < -0.4 is 19.5 Å². The van der Waals surface area contributed by atoms with E-state index in [1.165, 1.54) is 38.7 Å². The summed E-state index contributed by atoms with van der Waals surface area (Å²) < 4.78 is 21.3. The lowest BCUT2D eigenvalue weighted by Gasteiger charge is -2.14. The van der Waals surface area contributed by atoms with Crippen molar-refractivity contribution in [2.24, 2.45) is 0 Å². The first-order valence-electron chi connectivity index (χ1n) is 10.5. The van der Waals surface area contributed by atoms with Crippen LogP contribution in [0.5, 0.6) is 17.2 Å². The van der Waals surface area contributed by atoms with Gasteiger partial charge in [0, 0.05) is 10.4 Å². The highest BCUT2D eigenvalue weighted by atomic mass is 32.1. The number of ether oxygens (including phenoxy) is 4. The van der Waals surface area contributed by atoms with Crippen LogP contribution in [0.3, 0.4) is 0 Å². The summed E-state index contributed by atoms with van der Waals surface area (Å²) in [7, 11) is 4.44. The summed E-state index contributed by atoms with van der Waals surface area (Å²) >= 11 is 1.37. The maximum Gasteiger partial charge on any atom is 0.341 e. The fourth-order valence-electron chi connectivity index (χ4n) is 3.79. The number of rotatable bonds is 8. The fourth-order valence-corrected chi connectivity index (χ4v) is 5.06. The number of esters is 1. The molecule has 0 bridgehead atoms. The van der Waals surface area contributed by atoms with E-state index < -0.39 is 11.9 Å². The van der Waals surface area contributed by atoms with Crippen molar-refractivity contribution in [2.45, 2.75) is 32.6 Å². The molecule has 0 saturated heterocycles. The van der Waals surface area contributed by atoms with E-state index in [0.29, 0.717) is 33.4 Å².